The number of benzene rings is 1. The van der Waals surface area contributed by atoms with Gasteiger partial charge in [-0.15, -0.1) is 0 Å². The molecule has 1 fully saturated rings. The van der Waals surface area contributed by atoms with Gasteiger partial charge in [-0.2, -0.15) is 0 Å². The summed E-state index contributed by atoms with van der Waals surface area (Å²) in [4.78, 5) is 4.77. The van der Waals surface area contributed by atoms with Gasteiger partial charge in [-0.3, -0.25) is 9.80 Å². The van der Waals surface area contributed by atoms with Crippen LogP contribution in [-0.4, -0.2) is 80.2 Å². The maximum Gasteiger partial charge on any atom is 0.0900 e. The molecule has 1 aromatic carbocycles. The van der Waals surface area contributed by atoms with E-state index in [2.05, 4.69) is 54.8 Å². The van der Waals surface area contributed by atoms with E-state index >= 15 is 0 Å². The fraction of sp³-hybridized carbons (Fsp3) is 0.714. The van der Waals surface area contributed by atoms with Crippen LogP contribution in [0.2, 0.25) is 0 Å². The SMILES string of the molecule is Cc1ccc(CN(CCN2CCOCC2)CC(O)COCC(C)C)cc1. The van der Waals surface area contributed by atoms with E-state index in [1.807, 2.05) is 0 Å². The van der Waals surface area contributed by atoms with Crippen LogP contribution in [0, 0.1) is 12.8 Å². The number of ether oxygens (including phenoxy) is 2. The number of rotatable bonds is 11. The molecular formula is C21H36N2O3. The van der Waals surface area contributed by atoms with Crippen molar-refractivity contribution in [3.63, 3.8) is 0 Å². The number of morpholine rings is 1. The number of aliphatic hydroxyl groups is 1. The quantitative estimate of drug-likeness (QED) is 0.652. The minimum atomic E-state index is -0.455. The van der Waals surface area contributed by atoms with Crippen molar-refractivity contribution in [2.75, 3.05) is 59.2 Å². The lowest BCUT2D eigenvalue weighted by molar-refractivity contribution is 0.000957. The predicted octanol–water partition coefficient (Wildman–Crippen LogP) is 2.16. The van der Waals surface area contributed by atoms with Crippen molar-refractivity contribution in [3.05, 3.63) is 35.4 Å². The third-order valence-corrected chi connectivity index (χ3v) is 4.59. The molecule has 1 aromatic rings. The molecule has 0 spiro atoms. The molecule has 1 aliphatic rings. The Balaban J connectivity index is 1.85. The Kier molecular flexibility index (Phi) is 9.57. The van der Waals surface area contributed by atoms with Gasteiger partial charge in [0.05, 0.1) is 25.9 Å². The van der Waals surface area contributed by atoms with Gasteiger partial charge in [0, 0.05) is 45.9 Å². The zero-order chi connectivity index (χ0) is 18.8. The van der Waals surface area contributed by atoms with Gasteiger partial charge >= 0.3 is 0 Å². The Morgan fingerprint density at radius 3 is 2.50 bits per heavy atom. The van der Waals surface area contributed by atoms with Gasteiger partial charge in [0.1, 0.15) is 0 Å². The van der Waals surface area contributed by atoms with E-state index < -0.39 is 6.10 Å². The van der Waals surface area contributed by atoms with Crippen molar-refractivity contribution < 1.29 is 14.6 Å². The van der Waals surface area contributed by atoms with Gasteiger partial charge in [0.15, 0.2) is 0 Å². The molecule has 1 saturated heterocycles. The first-order valence-corrected chi connectivity index (χ1v) is 9.86. The van der Waals surface area contributed by atoms with Gasteiger partial charge in [0.2, 0.25) is 0 Å². The molecule has 1 heterocycles. The lowest BCUT2D eigenvalue weighted by Crippen LogP contribution is -2.43. The highest BCUT2D eigenvalue weighted by molar-refractivity contribution is 5.21. The van der Waals surface area contributed by atoms with E-state index in [-0.39, 0.29) is 0 Å². The van der Waals surface area contributed by atoms with E-state index in [4.69, 9.17) is 9.47 Å². The first-order valence-electron chi connectivity index (χ1n) is 9.86. The summed E-state index contributed by atoms with van der Waals surface area (Å²) in [6.45, 7) is 14.5. The topological polar surface area (TPSA) is 45.2 Å². The van der Waals surface area contributed by atoms with Gasteiger partial charge in [-0.25, -0.2) is 0 Å². The Morgan fingerprint density at radius 1 is 1.15 bits per heavy atom. The Hall–Kier alpha value is -0.980. The average molecular weight is 365 g/mol. The molecule has 0 bridgehead atoms. The number of aryl methyl sites for hydroxylation is 1. The van der Waals surface area contributed by atoms with E-state index in [0.717, 1.165) is 45.9 Å². The largest absolute Gasteiger partial charge is 0.389 e. The summed E-state index contributed by atoms with van der Waals surface area (Å²) in [5, 5.41) is 10.4. The van der Waals surface area contributed by atoms with Crippen molar-refractivity contribution in [2.45, 2.75) is 33.4 Å². The average Bonchev–Trinajstić information content (AvgIpc) is 2.62. The molecule has 1 atom stereocenters. The van der Waals surface area contributed by atoms with Gasteiger partial charge < -0.3 is 14.6 Å². The number of hydrogen-bond donors (Lipinski definition) is 1. The van der Waals surface area contributed by atoms with Crippen LogP contribution in [0.5, 0.6) is 0 Å². The second-order valence-corrected chi connectivity index (χ2v) is 7.76. The Bertz CT molecular complexity index is 487. The third kappa shape index (κ3) is 8.60. The van der Waals surface area contributed by atoms with E-state index in [1.165, 1.54) is 11.1 Å². The second-order valence-electron chi connectivity index (χ2n) is 7.76. The normalized spacial score (nSPS) is 17.2. The molecule has 26 heavy (non-hydrogen) atoms. The molecule has 0 saturated carbocycles. The van der Waals surface area contributed by atoms with Crippen molar-refractivity contribution in [2.24, 2.45) is 5.92 Å². The Morgan fingerprint density at radius 2 is 1.85 bits per heavy atom. The number of hydrogen-bond acceptors (Lipinski definition) is 5. The van der Waals surface area contributed by atoms with E-state index in [9.17, 15) is 5.11 Å². The van der Waals surface area contributed by atoms with Crippen molar-refractivity contribution >= 4 is 0 Å². The highest BCUT2D eigenvalue weighted by Gasteiger charge is 2.16. The van der Waals surface area contributed by atoms with Crippen LogP contribution in [0.4, 0.5) is 0 Å². The van der Waals surface area contributed by atoms with Crippen molar-refractivity contribution in [1.82, 2.24) is 9.80 Å². The van der Waals surface area contributed by atoms with Crippen molar-refractivity contribution in [3.8, 4) is 0 Å². The molecule has 1 aliphatic heterocycles. The summed E-state index contributed by atoms with van der Waals surface area (Å²) in [6, 6.07) is 8.66. The summed E-state index contributed by atoms with van der Waals surface area (Å²) in [5.41, 5.74) is 2.56. The monoisotopic (exact) mass is 364 g/mol. The summed E-state index contributed by atoms with van der Waals surface area (Å²) in [7, 11) is 0. The maximum atomic E-state index is 10.4. The van der Waals surface area contributed by atoms with Crippen LogP contribution in [0.25, 0.3) is 0 Å². The Labute approximate surface area is 158 Å². The van der Waals surface area contributed by atoms with Gasteiger partial charge in [-0.05, 0) is 18.4 Å². The standard InChI is InChI=1S/C21H36N2O3/c1-18(2)16-26-17-21(24)15-23(9-8-22-10-12-25-13-11-22)14-20-6-4-19(3)5-7-20/h4-7,18,21,24H,8-17H2,1-3H3. The highest BCUT2D eigenvalue weighted by Crippen LogP contribution is 2.09. The van der Waals surface area contributed by atoms with Gasteiger partial charge in [-0.1, -0.05) is 43.7 Å². The minimum absolute atomic E-state index is 0.403. The maximum absolute atomic E-state index is 10.4. The summed E-state index contributed by atoms with van der Waals surface area (Å²) in [6.07, 6.45) is -0.455. The molecule has 1 N–H and O–H groups in total. The predicted molar refractivity (Wildman–Crippen MR) is 105 cm³/mol. The molecule has 0 amide bonds. The van der Waals surface area contributed by atoms with Crippen LogP contribution in [-0.2, 0) is 16.0 Å². The number of aliphatic hydroxyl groups excluding tert-OH is 1. The summed E-state index contributed by atoms with van der Waals surface area (Å²) >= 11 is 0. The van der Waals surface area contributed by atoms with Crippen LogP contribution in [0.1, 0.15) is 25.0 Å². The third-order valence-electron chi connectivity index (χ3n) is 4.59. The summed E-state index contributed by atoms with van der Waals surface area (Å²) in [5.74, 6) is 0.493. The van der Waals surface area contributed by atoms with Crippen molar-refractivity contribution in [1.29, 1.82) is 0 Å². The smallest absolute Gasteiger partial charge is 0.0900 e. The zero-order valence-electron chi connectivity index (χ0n) is 16.7. The fourth-order valence-electron chi connectivity index (χ4n) is 3.08. The summed E-state index contributed by atoms with van der Waals surface area (Å²) < 4.78 is 11.0. The highest BCUT2D eigenvalue weighted by atomic mass is 16.5. The van der Waals surface area contributed by atoms with Gasteiger partial charge in [0.25, 0.3) is 0 Å². The van der Waals surface area contributed by atoms with E-state index in [1.54, 1.807) is 0 Å². The zero-order valence-corrected chi connectivity index (χ0v) is 16.7. The van der Waals surface area contributed by atoms with Crippen LogP contribution >= 0.6 is 0 Å². The molecule has 0 aromatic heterocycles. The lowest BCUT2D eigenvalue weighted by Gasteiger charge is -2.31. The van der Waals surface area contributed by atoms with E-state index in [0.29, 0.717) is 25.7 Å². The van der Waals surface area contributed by atoms with Crippen LogP contribution < -0.4 is 0 Å². The molecular weight excluding hydrogens is 328 g/mol. The molecule has 1 unspecified atom stereocenters. The lowest BCUT2D eigenvalue weighted by atomic mass is 10.1. The fourth-order valence-corrected chi connectivity index (χ4v) is 3.08. The minimum Gasteiger partial charge on any atom is -0.389 e. The molecule has 0 radical (unpaired) electrons. The first kappa shape index (κ1) is 21.3. The van der Waals surface area contributed by atoms with Crippen LogP contribution in [0.15, 0.2) is 24.3 Å². The molecule has 148 valence electrons. The second kappa shape index (κ2) is 11.7. The first-order chi connectivity index (χ1) is 12.5. The molecule has 2 rings (SSSR count). The number of nitrogens with zero attached hydrogens (tertiary/aromatic N) is 2. The van der Waals surface area contributed by atoms with Crippen LogP contribution in [0.3, 0.4) is 0 Å². The molecule has 5 heteroatoms. The molecule has 5 nitrogen and oxygen atoms in total. The molecule has 0 aliphatic carbocycles.